The number of amides is 1. The Morgan fingerprint density at radius 1 is 1.33 bits per heavy atom. The quantitative estimate of drug-likeness (QED) is 0.841. The number of carbonyl (C=O) groups is 1. The summed E-state index contributed by atoms with van der Waals surface area (Å²) in [6.45, 7) is 2.79. The van der Waals surface area contributed by atoms with Crippen molar-refractivity contribution in [2.45, 2.75) is 19.9 Å². The Morgan fingerprint density at radius 2 is 2.00 bits per heavy atom. The van der Waals surface area contributed by atoms with E-state index in [-0.39, 0.29) is 5.91 Å². The van der Waals surface area contributed by atoms with Crippen LogP contribution in [0.15, 0.2) is 30.6 Å². The summed E-state index contributed by atoms with van der Waals surface area (Å²) in [7, 11) is 1.95. The van der Waals surface area contributed by atoms with Crippen LogP contribution in [0.4, 0.5) is 0 Å². The van der Waals surface area contributed by atoms with E-state index in [9.17, 15) is 4.79 Å². The Kier molecular flexibility index (Phi) is 5.26. The maximum atomic E-state index is 11.9. The summed E-state index contributed by atoms with van der Waals surface area (Å²) in [6, 6.07) is 5.41. The molecule has 0 aliphatic rings. The molecule has 1 amide bonds. The van der Waals surface area contributed by atoms with Crippen LogP contribution in [-0.2, 0) is 24.8 Å². The van der Waals surface area contributed by atoms with Gasteiger partial charge in [0.15, 0.2) is 6.54 Å². The number of nitrogens with one attached hydrogen (secondary N) is 1. The molecule has 0 atom stereocenters. The van der Waals surface area contributed by atoms with E-state index in [0.717, 1.165) is 11.4 Å². The first-order valence-electron chi connectivity index (χ1n) is 6.70. The maximum absolute atomic E-state index is 11.9. The fourth-order valence-electron chi connectivity index (χ4n) is 2.07. The molecule has 2 aromatic rings. The van der Waals surface area contributed by atoms with Gasteiger partial charge in [0.25, 0.3) is 11.7 Å². The zero-order valence-corrected chi connectivity index (χ0v) is 13.6. The largest absolute Gasteiger partial charge is 0.352 e. The molecular formula is C15H18Cl2N3O+. The van der Waals surface area contributed by atoms with E-state index in [1.165, 1.54) is 0 Å². The molecule has 0 unspecified atom stereocenters. The maximum Gasteiger partial charge on any atom is 0.262 e. The van der Waals surface area contributed by atoms with Crippen molar-refractivity contribution < 1.29 is 9.36 Å². The average molecular weight is 327 g/mol. The van der Waals surface area contributed by atoms with Gasteiger partial charge in [-0.2, -0.15) is 0 Å². The van der Waals surface area contributed by atoms with Crippen LogP contribution in [0.5, 0.6) is 0 Å². The van der Waals surface area contributed by atoms with Crippen molar-refractivity contribution in [2.75, 3.05) is 6.54 Å². The van der Waals surface area contributed by atoms with Gasteiger partial charge in [0, 0.05) is 23.5 Å². The molecule has 0 aliphatic carbocycles. The van der Waals surface area contributed by atoms with Gasteiger partial charge in [-0.05, 0) is 24.1 Å². The third-order valence-corrected chi connectivity index (χ3v) is 4.18. The molecule has 1 N–H and O–H groups in total. The minimum atomic E-state index is -0.0301. The van der Waals surface area contributed by atoms with E-state index in [1.807, 2.05) is 41.6 Å². The van der Waals surface area contributed by atoms with Crippen LogP contribution in [0.2, 0.25) is 10.0 Å². The first kappa shape index (κ1) is 15.9. The minimum absolute atomic E-state index is 0.0301. The molecule has 1 heterocycles. The van der Waals surface area contributed by atoms with Crippen LogP contribution in [0.25, 0.3) is 0 Å². The molecule has 21 heavy (non-hydrogen) atoms. The normalized spacial score (nSPS) is 10.7. The van der Waals surface area contributed by atoms with Crippen LogP contribution in [0.3, 0.4) is 0 Å². The molecule has 112 valence electrons. The van der Waals surface area contributed by atoms with E-state index in [4.69, 9.17) is 23.2 Å². The monoisotopic (exact) mass is 326 g/mol. The Bertz CT molecular complexity index is 632. The number of aromatic nitrogens is 2. The van der Waals surface area contributed by atoms with Crippen LogP contribution in [-0.4, -0.2) is 17.0 Å². The molecule has 2 rings (SSSR count). The van der Waals surface area contributed by atoms with E-state index in [0.29, 0.717) is 29.6 Å². The summed E-state index contributed by atoms with van der Waals surface area (Å²) in [5.74, 6) is 0.997. The van der Waals surface area contributed by atoms with Crippen LogP contribution in [0.1, 0.15) is 11.4 Å². The SMILES string of the molecule is Cc1n(CC(=O)NCCc2c(Cl)cccc2Cl)cc[n+]1C. The zero-order valence-electron chi connectivity index (χ0n) is 12.1. The van der Waals surface area contributed by atoms with Gasteiger partial charge in [-0.25, -0.2) is 9.13 Å². The first-order valence-corrected chi connectivity index (χ1v) is 7.45. The smallest absolute Gasteiger partial charge is 0.262 e. The van der Waals surface area contributed by atoms with Gasteiger partial charge in [-0.3, -0.25) is 4.79 Å². The molecule has 6 heteroatoms. The summed E-state index contributed by atoms with van der Waals surface area (Å²) >= 11 is 12.2. The number of halogens is 2. The van der Waals surface area contributed by atoms with Gasteiger partial charge >= 0.3 is 0 Å². The highest BCUT2D eigenvalue weighted by Gasteiger charge is 2.13. The third-order valence-electron chi connectivity index (χ3n) is 3.47. The molecular weight excluding hydrogens is 309 g/mol. The Hall–Kier alpha value is -1.52. The number of benzene rings is 1. The third kappa shape index (κ3) is 3.99. The predicted molar refractivity (Wildman–Crippen MR) is 83.5 cm³/mol. The Morgan fingerprint density at radius 3 is 2.57 bits per heavy atom. The summed E-state index contributed by atoms with van der Waals surface area (Å²) in [6.07, 6.45) is 4.43. The van der Waals surface area contributed by atoms with Crippen molar-refractivity contribution in [2.24, 2.45) is 7.05 Å². The lowest BCUT2D eigenvalue weighted by Crippen LogP contribution is -2.33. The number of imidazole rings is 1. The molecule has 0 bridgehead atoms. The molecule has 0 radical (unpaired) electrons. The average Bonchev–Trinajstić information content (AvgIpc) is 2.74. The molecule has 0 saturated carbocycles. The fraction of sp³-hybridized carbons (Fsp3) is 0.333. The predicted octanol–water partition coefficient (Wildman–Crippen LogP) is 2.29. The molecule has 4 nitrogen and oxygen atoms in total. The second-order valence-electron chi connectivity index (χ2n) is 4.88. The molecule has 0 spiro atoms. The summed E-state index contributed by atoms with van der Waals surface area (Å²) in [5.41, 5.74) is 0.865. The van der Waals surface area contributed by atoms with Crippen molar-refractivity contribution in [3.05, 3.63) is 52.0 Å². The van der Waals surface area contributed by atoms with E-state index >= 15 is 0 Å². The lowest BCUT2D eigenvalue weighted by atomic mass is 10.1. The van der Waals surface area contributed by atoms with Gasteiger partial charge in [-0.15, -0.1) is 0 Å². The summed E-state index contributed by atoms with van der Waals surface area (Å²) < 4.78 is 3.87. The van der Waals surface area contributed by atoms with Crippen molar-refractivity contribution >= 4 is 29.1 Å². The number of hydrogen-bond donors (Lipinski definition) is 1. The topological polar surface area (TPSA) is 37.9 Å². The van der Waals surface area contributed by atoms with Crippen molar-refractivity contribution in [1.82, 2.24) is 9.88 Å². The van der Waals surface area contributed by atoms with Gasteiger partial charge in [-0.1, -0.05) is 29.3 Å². The highest BCUT2D eigenvalue weighted by molar-refractivity contribution is 6.35. The number of carbonyl (C=O) groups excluding carboxylic acids is 1. The van der Waals surface area contributed by atoms with Crippen LogP contribution in [0, 0.1) is 6.92 Å². The zero-order chi connectivity index (χ0) is 15.4. The number of nitrogens with zero attached hydrogens (tertiary/aromatic N) is 2. The molecule has 0 saturated heterocycles. The number of hydrogen-bond acceptors (Lipinski definition) is 1. The van der Waals surface area contributed by atoms with Crippen LogP contribution < -0.4 is 9.88 Å². The van der Waals surface area contributed by atoms with Crippen molar-refractivity contribution in [1.29, 1.82) is 0 Å². The second-order valence-corrected chi connectivity index (χ2v) is 5.70. The molecule has 0 aliphatic heterocycles. The van der Waals surface area contributed by atoms with Crippen LogP contribution >= 0.6 is 23.2 Å². The van der Waals surface area contributed by atoms with E-state index in [1.54, 1.807) is 12.1 Å². The van der Waals surface area contributed by atoms with Gasteiger partial charge in [0.05, 0.1) is 7.05 Å². The highest BCUT2D eigenvalue weighted by atomic mass is 35.5. The van der Waals surface area contributed by atoms with Crippen molar-refractivity contribution in [3.63, 3.8) is 0 Å². The van der Waals surface area contributed by atoms with Gasteiger partial charge in [0.2, 0.25) is 0 Å². The fourth-order valence-corrected chi connectivity index (χ4v) is 2.66. The second kappa shape index (κ2) is 6.96. The molecule has 0 fully saturated rings. The number of aryl methyl sites for hydroxylation is 1. The van der Waals surface area contributed by atoms with Crippen molar-refractivity contribution in [3.8, 4) is 0 Å². The standard InChI is InChI=1S/C15H17Cl2N3O/c1-11-19(2)8-9-20(11)10-15(21)18-7-6-12-13(16)4-3-5-14(12)17/h3-5,8-9H,6-7,10H2,1-2H3/p+1. The first-order chi connectivity index (χ1) is 9.99. The van der Waals surface area contributed by atoms with Gasteiger partial charge < -0.3 is 5.32 Å². The number of rotatable bonds is 5. The Labute approximate surface area is 134 Å². The summed E-state index contributed by atoms with van der Waals surface area (Å²) in [4.78, 5) is 11.9. The lowest BCUT2D eigenvalue weighted by Gasteiger charge is -2.08. The minimum Gasteiger partial charge on any atom is -0.352 e. The molecule has 1 aromatic carbocycles. The van der Waals surface area contributed by atoms with Gasteiger partial charge in [0.1, 0.15) is 12.4 Å². The lowest BCUT2D eigenvalue weighted by molar-refractivity contribution is -0.677. The highest BCUT2D eigenvalue weighted by Crippen LogP contribution is 2.24. The summed E-state index contributed by atoms with van der Waals surface area (Å²) in [5, 5.41) is 4.14. The Balaban J connectivity index is 1.86. The van der Waals surface area contributed by atoms with E-state index in [2.05, 4.69) is 5.32 Å². The van der Waals surface area contributed by atoms with E-state index < -0.39 is 0 Å². The molecule has 1 aromatic heterocycles.